The van der Waals surface area contributed by atoms with Gasteiger partial charge in [-0.05, 0) is 36.7 Å². The van der Waals surface area contributed by atoms with E-state index in [1.54, 1.807) is 6.92 Å². The van der Waals surface area contributed by atoms with Crippen LogP contribution in [0.2, 0.25) is 0 Å². The second kappa shape index (κ2) is 4.47. The third-order valence-electron chi connectivity index (χ3n) is 3.88. The summed E-state index contributed by atoms with van der Waals surface area (Å²) in [4.78, 5) is 23.4. The molecule has 1 atom stereocenters. The van der Waals surface area contributed by atoms with E-state index in [2.05, 4.69) is 13.5 Å². The van der Waals surface area contributed by atoms with Crippen molar-refractivity contribution in [2.75, 3.05) is 0 Å². The monoisotopic (exact) mass is 236 g/mol. The molecule has 0 bridgehead atoms. The number of carboxylic acids is 1. The summed E-state index contributed by atoms with van der Waals surface area (Å²) in [6.07, 6.45) is 1.27. The highest BCUT2D eigenvalue weighted by Crippen LogP contribution is 2.45. The van der Waals surface area contributed by atoms with Crippen LogP contribution in [0.5, 0.6) is 0 Å². The fourth-order valence-electron chi connectivity index (χ4n) is 2.34. The van der Waals surface area contributed by atoms with Crippen LogP contribution >= 0.6 is 0 Å². The van der Waals surface area contributed by atoms with Crippen LogP contribution in [0, 0.1) is 11.3 Å². The molecule has 0 heterocycles. The average molecular weight is 236 g/mol. The number of carbonyl (C=O) groups excluding carboxylic acids is 1. The fraction of sp³-hybridized carbons (Fsp3) is 0.571. The molecule has 1 aliphatic rings. The molecule has 1 N–H and O–H groups in total. The zero-order valence-corrected chi connectivity index (χ0v) is 11.0. The zero-order chi connectivity index (χ0) is 13.4. The molecule has 3 heteroatoms. The number of ketones is 1. The molecule has 1 aliphatic carbocycles. The number of allylic oxidation sites excluding steroid dienone is 2. The molecule has 0 radical (unpaired) electrons. The van der Waals surface area contributed by atoms with Crippen LogP contribution in [0.1, 0.15) is 40.5 Å². The Morgan fingerprint density at radius 2 is 1.94 bits per heavy atom. The fourth-order valence-corrected chi connectivity index (χ4v) is 2.34. The van der Waals surface area contributed by atoms with E-state index in [1.165, 1.54) is 0 Å². The van der Waals surface area contributed by atoms with Gasteiger partial charge in [0.25, 0.3) is 0 Å². The van der Waals surface area contributed by atoms with E-state index in [1.807, 2.05) is 13.8 Å². The Morgan fingerprint density at radius 3 is 2.35 bits per heavy atom. The van der Waals surface area contributed by atoms with E-state index in [4.69, 9.17) is 0 Å². The van der Waals surface area contributed by atoms with Gasteiger partial charge in [0.2, 0.25) is 0 Å². The minimum Gasteiger partial charge on any atom is -0.478 e. The molecule has 0 aromatic heterocycles. The summed E-state index contributed by atoms with van der Waals surface area (Å²) in [7, 11) is 0. The number of rotatable bonds is 3. The Bertz CT molecular complexity index is 413. The molecule has 0 amide bonds. The van der Waals surface area contributed by atoms with Crippen molar-refractivity contribution in [2.24, 2.45) is 11.3 Å². The van der Waals surface area contributed by atoms with E-state index in [9.17, 15) is 14.7 Å². The number of carboxylic acid groups (broad SMARTS) is 1. The molecular weight excluding hydrogens is 216 g/mol. The summed E-state index contributed by atoms with van der Waals surface area (Å²) in [6, 6.07) is 0. The molecule has 1 unspecified atom stereocenters. The van der Waals surface area contributed by atoms with Crippen molar-refractivity contribution in [2.45, 2.75) is 40.5 Å². The minimum absolute atomic E-state index is 0.209. The first-order chi connectivity index (χ1) is 7.69. The highest BCUT2D eigenvalue weighted by molar-refractivity contribution is 6.12. The van der Waals surface area contributed by atoms with Gasteiger partial charge in [0, 0.05) is 11.1 Å². The first kappa shape index (κ1) is 13.7. The average Bonchev–Trinajstić information content (AvgIpc) is 2.20. The Hall–Kier alpha value is -1.38. The first-order valence-corrected chi connectivity index (χ1v) is 5.86. The lowest BCUT2D eigenvalue weighted by atomic mass is 9.64. The summed E-state index contributed by atoms with van der Waals surface area (Å²) in [5.41, 5.74) is 0.709. The molecule has 1 rings (SSSR count). The van der Waals surface area contributed by atoms with Gasteiger partial charge >= 0.3 is 5.97 Å². The lowest BCUT2D eigenvalue weighted by molar-refractivity contribution is -0.133. The van der Waals surface area contributed by atoms with Crippen molar-refractivity contribution in [3.63, 3.8) is 0 Å². The largest absolute Gasteiger partial charge is 0.478 e. The number of carbonyl (C=O) groups is 2. The lowest BCUT2D eigenvalue weighted by Crippen LogP contribution is -2.35. The van der Waals surface area contributed by atoms with Crippen LogP contribution in [0.4, 0.5) is 0 Å². The van der Waals surface area contributed by atoms with Crippen LogP contribution in [0.3, 0.4) is 0 Å². The molecule has 0 saturated heterocycles. The van der Waals surface area contributed by atoms with Crippen molar-refractivity contribution in [1.29, 1.82) is 0 Å². The number of aliphatic carboxylic acids is 1. The van der Waals surface area contributed by atoms with Gasteiger partial charge in [-0.15, -0.1) is 0 Å². The lowest BCUT2D eigenvalue weighted by Gasteiger charge is -2.39. The van der Waals surface area contributed by atoms with E-state index in [0.29, 0.717) is 23.5 Å². The Morgan fingerprint density at radius 1 is 1.41 bits per heavy atom. The quantitative estimate of drug-likeness (QED) is 0.766. The summed E-state index contributed by atoms with van der Waals surface area (Å²) >= 11 is 0. The predicted molar refractivity (Wildman–Crippen MR) is 66.7 cm³/mol. The summed E-state index contributed by atoms with van der Waals surface area (Å²) < 4.78 is 0. The van der Waals surface area contributed by atoms with Crippen molar-refractivity contribution < 1.29 is 14.7 Å². The van der Waals surface area contributed by atoms with Crippen LogP contribution in [-0.4, -0.2) is 16.9 Å². The van der Waals surface area contributed by atoms with Gasteiger partial charge < -0.3 is 5.11 Å². The minimum atomic E-state index is -0.977. The summed E-state index contributed by atoms with van der Waals surface area (Å²) in [6.45, 7) is 11.2. The highest BCUT2D eigenvalue weighted by atomic mass is 16.4. The molecule has 94 valence electrons. The smallest absolute Gasteiger partial charge is 0.331 e. The van der Waals surface area contributed by atoms with Crippen molar-refractivity contribution >= 4 is 11.8 Å². The normalized spacial score (nSPS) is 23.4. The zero-order valence-electron chi connectivity index (χ0n) is 11.0. The molecule has 0 aliphatic heterocycles. The first-order valence-electron chi connectivity index (χ1n) is 5.86. The maximum Gasteiger partial charge on any atom is 0.331 e. The molecule has 0 spiro atoms. The van der Waals surface area contributed by atoms with Crippen LogP contribution in [-0.2, 0) is 9.59 Å². The summed E-state index contributed by atoms with van der Waals surface area (Å²) in [5.74, 6) is -0.891. The van der Waals surface area contributed by atoms with Gasteiger partial charge in [-0.3, -0.25) is 4.79 Å². The number of hydrogen-bond acceptors (Lipinski definition) is 2. The third-order valence-corrected chi connectivity index (χ3v) is 3.88. The van der Waals surface area contributed by atoms with Gasteiger partial charge in [0.05, 0.1) is 0 Å². The molecule has 0 fully saturated rings. The SMILES string of the molecule is C=C(C)C(=O)C1=C(C(=O)O)CCC(C)C1(C)C. The maximum atomic E-state index is 12.2. The van der Waals surface area contributed by atoms with Gasteiger partial charge in [0.1, 0.15) is 0 Å². The van der Waals surface area contributed by atoms with Crippen molar-refractivity contribution in [3.05, 3.63) is 23.3 Å². The van der Waals surface area contributed by atoms with E-state index in [0.717, 1.165) is 6.42 Å². The second-order valence-electron chi connectivity index (χ2n) is 5.43. The number of Topliss-reactive ketones (excluding diaryl/α,β-unsaturated/α-hetero) is 1. The summed E-state index contributed by atoms with van der Waals surface area (Å²) in [5, 5.41) is 9.22. The van der Waals surface area contributed by atoms with E-state index in [-0.39, 0.29) is 11.4 Å². The van der Waals surface area contributed by atoms with Gasteiger partial charge in [-0.1, -0.05) is 27.4 Å². The molecule has 17 heavy (non-hydrogen) atoms. The third kappa shape index (κ3) is 2.33. The van der Waals surface area contributed by atoms with Crippen LogP contribution < -0.4 is 0 Å². The van der Waals surface area contributed by atoms with E-state index < -0.39 is 11.4 Å². The van der Waals surface area contributed by atoms with Gasteiger partial charge in [-0.25, -0.2) is 4.79 Å². The Balaban J connectivity index is 3.42. The second-order valence-corrected chi connectivity index (χ2v) is 5.43. The molecule has 0 aromatic rings. The Labute approximate surface area is 102 Å². The Kier molecular flexibility index (Phi) is 3.60. The van der Waals surface area contributed by atoms with Crippen molar-refractivity contribution in [3.8, 4) is 0 Å². The molecular formula is C14H20O3. The van der Waals surface area contributed by atoms with Gasteiger partial charge in [-0.2, -0.15) is 0 Å². The highest BCUT2D eigenvalue weighted by Gasteiger charge is 2.41. The van der Waals surface area contributed by atoms with Crippen molar-refractivity contribution in [1.82, 2.24) is 0 Å². The topological polar surface area (TPSA) is 54.4 Å². The maximum absolute atomic E-state index is 12.2. The van der Waals surface area contributed by atoms with Crippen LogP contribution in [0.15, 0.2) is 23.3 Å². The van der Waals surface area contributed by atoms with Crippen LogP contribution in [0.25, 0.3) is 0 Å². The number of hydrogen-bond donors (Lipinski definition) is 1. The standard InChI is InChI=1S/C14H20O3/c1-8(2)12(15)11-10(13(16)17)7-6-9(3)14(11,4)5/h9H,1,6-7H2,2-5H3,(H,16,17). The molecule has 0 saturated carbocycles. The molecule has 0 aromatic carbocycles. The van der Waals surface area contributed by atoms with Gasteiger partial charge in [0.15, 0.2) is 5.78 Å². The van der Waals surface area contributed by atoms with E-state index >= 15 is 0 Å². The predicted octanol–water partition coefficient (Wildman–Crippen LogP) is 2.97. The molecule has 3 nitrogen and oxygen atoms in total.